The smallest absolute Gasteiger partial charge is 0.374 e. The lowest BCUT2D eigenvalue weighted by molar-refractivity contribution is -0.0110. The summed E-state index contributed by atoms with van der Waals surface area (Å²) in [5.41, 5.74) is -0.0534. The van der Waals surface area contributed by atoms with Gasteiger partial charge in [0.2, 0.25) is 0 Å². The van der Waals surface area contributed by atoms with Gasteiger partial charge in [0.05, 0.1) is 0 Å². The molecule has 0 aliphatic rings. The van der Waals surface area contributed by atoms with Crippen LogP contribution in [0, 0.1) is 0 Å². The normalized spacial score (nSPS) is 13.9. The van der Waals surface area contributed by atoms with E-state index in [1.807, 2.05) is 20.8 Å². The van der Waals surface area contributed by atoms with E-state index in [0.717, 1.165) is 19.4 Å². The molecule has 104 valence electrons. The van der Waals surface area contributed by atoms with Gasteiger partial charge in [-0.3, -0.25) is 0 Å². The highest BCUT2D eigenvalue weighted by Crippen LogP contribution is 2.20. The van der Waals surface area contributed by atoms with Gasteiger partial charge >= 0.3 is 8.80 Å². The second-order valence-corrected chi connectivity index (χ2v) is 6.39. The van der Waals surface area contributed by atoms with Gasteiger partial charge in [-0.1, -0.05) is 13.8 Å². The standard InChI is InChI=1S/C12H28O4Si/c1-6-11-13-12(7-2)17(14-8-3,15-9-4)16-10-5/h12H,6-11H2,1-5H3. The quantitative estimate of drug-likeness (QED) is 0.538. The van der Waals surface area contributed by atoms with Crippen LogP contribution in [-0.2, 0) is 18.0 Å². The highest BCUT2D eigenvalue weighted by molar-refractivity contribution is 6.62. The van der Waals surface area contributed by atoms with Crippen LogP contribution in [0.15, 0.2) is 0 Å². The predicted molar refractivity (Wildman–Crippen MR) is 71.0 cm³/mol. The van der Waals surface area contributed by atoms with E-state index in [1.165, 1.54) is 0 Å². The molecule has 0 radical (unpaired) electrons. The summed E-state index contributed by atoms with van der Waals surface area (Å²) >= 11 is 0. The Morgan fingerprint density at radius 1 is 0.824 bits per heavy atom. The molecule has 0 bridgehead atoms. The fraction of sp³-hybridized carbons (Fsp3) is 1.00. The fourth-order valence-corrected chi connectivity index (χ4v) is 4.57. The van der Waals surface area contributed by atoms with Crippen molar-refractivity contribution in [3.05, 3.63) is 0 Å². The minimum atomic E-state index is -2.68. The minimum Gasteiger partial charge on any atom is -0.374 e. The summed E-state index contributed by atoms with van der Waals surface area (Å²) in [4.78, 5) is 0. The molecule has 1 atom stereocenters. The van der Waals surface area contributed by atoms with E-state index < -0.39 is 8.80 Å². The molecule has 0 aromatic heterocycles. The van der Waals surface area contributed by atoms with Crippen molar-refractivity contribution >= 4 is 8.80 Å². The van der Waals surface area contributed by atoms with E-state index in [1.54, 1.807) is 0 Å². The Hall–Kier alpha value is 0.0569. The maximum atomic E-state index is 5.85. The first kappa shape index (κ1) is 17.1. The van der Waals surface area contributed by atoms with Crippen LogP contribution in [0.2, 0.25) is 0 Å². The first-order valence-electron chi connectivity index (χ1n) is 6.74. The van der Waals surface area contributed by atoms with Crippen LogP contribution in [0.3, 0.4) is 0 Å². The van der Waals surface area contributed by atoms with Crippen LogP contribution in [0.4, 0.5) is 0 Å². The van der Waals surface area contributed by atoms with Crippen molar-refractivity contribution in [3.8, 4) is 0 Å². The van der Waals surface area contributed by atoms with Crippen molar-refractivity contribution in [1.29, 1.82) is 0 Å². The number of hydrogen-bond acceptors (Lipinski definition) is 4. The summed E-state index contributed by atoms with van der Waals surface area (Å²) in [6, 6.07) is 0. The molecule has 0 aliphatic carbocycles. The topological polar surface area (TPSA) is 36.9 Å². The number of rotatable bonds is 11. The largest absolute Gasteiger partial charge is 0.531 e. The molecule has 0 fully saturated rings. The van der Waals surface area contributed by atoms with Crippen LogP contribution < -0.4 is 0 Å². The molecule has 17 heavy (non-hydrogen) atoms. The van der Waals surface area contributed by atoms with Gasteiger partial charge in [-0.25, -0.2) is 0 Å². The summed E-state index contributed by atoms with van der Waals surface area (Å²) in [6.45, 7) is 12.6. The van der Waals surface area contributed by atoms with E-state index in [0.29, 0.717) is 19.8 Å². The lowest BCUT2D eigenvalue weighted by Gasteiger charge is -2.34. The summed E-state index contributed by atoms with van der Waals surface area (Å²) < 4.78 is 23.3. The molecular formula is C12H28O4Si. The summed E-state index contributed by atoms with van der Waals surface area (Å²) in [5, 5.41) is 0. The Balaban J connectivity index is 4.76. The maximum Gasteiger partial charge on any atom is 0.531 e. The molecule has 0 aliphatic heterocycles. The van der Waals surface area contributed by atoms with Gasteiger partial charge in [-0.05, 0) is 33.6 Å². The molecule has 0 aromatic rings. The Kier molecular flexibility index (Phi) is 10.1. The highest BCUT2D eigenvalue weighted by atomic mass is 28.4. The Labute approximate surface area is 107 Å². The van der Waals surface area contributed by atoms with Gasteiger partial charge in [-0.15, -0.1) is 0 Å². The van der Waals surface area contributed by atoms with Crippen molar-refractivity contribution in [1.82, 2.24) is 0 Å². The first-order chi connectivity index (χ1) is 8.20. The zero-order chi connectivity index (χ0) is 13.1. The molecule has 5 heteroatoms. The van der Waals surface area contributed by atoms with Crippen LogP contribution in [0.25, 0.3) is 0 Å². The van der Waals surface area contributed by atoms with Gasteiger partial charge in [0.25, 0.3) is 0 Å². The van der Waals surface area contributed by atoms with Crippen molar-refractivity contribution in [2.75, 3.05) is 26.4 Å². The van der Waals surface area contributed by atoms with Crippen molar-refractivity contribution < 1.29 is 18.0 Å². The number of ether oxygens (including phenoxy) is 1. The second-order valence-electron chi connectivity index (χ2n) is 3.67. The molecule has 4 nitrogen and oxygen atoms in total. The van der Waals surface area contributed by atoms with Gasteiger partial charge in [0.15, 0.2) is 0 Å². The molecule has 0 aromatic carbocycles. The zero-order valence-corrected chi connectivity index (χ0v) is 13.0. The molecule has 0 amide bonds. The van der Waals surface area contributed by atoms with Gasteiger partial charge in [0.1, 0.15) is 5.73 Å². The average molecular weight is 264 g/mol. The van der Waals surface area contributed by atoms with Crippen molar-refractivity contribution in [3.63, 3.8) is 0 Å². The van der Waals surface area contributed by atoms with Gasteiger partial charge in [-0.2, -0.15) is 0 Å². The van der Waals surface area contributed by atoms with Crippen LogP contribution >= 0.6 is 0 Å². The zero-order valence-electron chi connectivity index (χ0n) is 12.0. The SMILES string of the molecule is CCCOC(CC)[Si](OCC)(OCC)OCC. The average Bonchev–Trinajstić information content (AvgIpc) is 2.31. The van der Waals surface area contributed by atoms with E-state index in [4.69, 9.17) is 18.0 Å². The van der Waals surface area contributed by atoms with Crippen molar-refractivity contribution in [2.24, 2.45) is 0 Å². The molecule has 0 N–H and O–H groups in total. The molecule has 0 saturated carbocycles. The third-order valence-electron chi connectivity index (χ3n) is 2.32. The first-order valence-corrected chi connectivity index (χ1v) is 8.54. The summed E-state index contributed by atoms with van der Waals surface area (Å²) in [7, 11) is -2.68. The maximum absolute atomic E-state index is 5.85. The third-order valence-corrected chi connectivity index (χ3v) is 5.76. The monoisotopic (exact) mass is 264 g/mol. The fourth-order valence-electron chi connectivity index (χ4n) is 1.74. The molecule has 1 unspecified atom stereocenters. The highest BCUT2D eigenvalue weighted by Gasteiger charge is 2.49. The van der Waals surface area contributed by atoms with Crippen LogP contribution in [-0.4, -0.2) is 41.0 Å². The van der Waals surface area contributed by atoms with E-state index in [-0.39, 0.29) is 5.73 Å². The minimum absolute atomic E-state index is 0.0534. The van der Waals surface area contributed by atoms with Crippen LogP contribution in [0.1, 0.15) is 47.5 Å². The Morgan fingerprint density at radius 2 is 1.29 bits per heavy atom. The van der Waals surface area contributed by atoms with Crippen molar-refractivity contribution in [2.45, 2.75) is 53.2 Å². The lowest BCUT2D eigenvalue weighted by atomic mass is 10.5. The van der Waals surface area contributed by atoms with E-state index in [9.17, 15) is 0 Å². The van der Waals surface area contributed by atoms with E-state index >= 15 is 0 Å². The summed E-state index contributed by atoms with van der Waals surface area (Å²) in [5.74, 6) is 0. The second kappa shape index (κ2) is 10.0. The molecule has 0 rings (SSSR count). The third kappa shape index (κ3) is 5.48. The molecule has 0 saturated heterocycles. The molecular weight excluding hydrogens is 236 g/mol. The van der Waals surface area contributed by atoms with Crippen LogP contribution in [0.5, 0.6) is 0 Å². The lowest BCUT2D eigenvalue weighted by Crippen LogP contribution is -2.57. The molecule has 0 spiro atoms. The predicted octanol–water partition coefficient (Wildman–Crippen LogP) is 2.78. The Morgan fingerprint density at radius 3 is 1.59 bits per heavy atom. The summed E-state index contributed by atoms with van der Waals surface area (Å²) in [6.07, 6.45) is 1.84. The molecule has 0 heterocycles. The Bertz CT molecular complexity index is 161. The van der Waals surface area contributed by atoms with E-state index in [2.05, 4.69) is 13.8 Å². The van der Waals surface area contributed by atoms with Gasteiger partial charge in [0, 0.05) is 26.4 Å². The number of hydrogen-bond donors (Lipinski definition) is 0. The van der Waals surface area contributed by atoms with Gasteiger partial charge < -0.3 is 18.0 Å².